The fourth-order valence-electron chi connectivity index (χ4n) is 1.76. The Kier molecular flexibility index (Phi) is 4.29. The predicted octanol–water partition coefficient (Wildman–Crippen LogP) is 1.63. The van der Waals surface area contributed by atoms with E-state index in [0.29, 0.717) is 12.8 Å². The number of halogens is 2. The molecule has 0 aliphatic heterocycles. The lowest BCUT2D eigenvalue weighted by Gasteiger charge is -2.08. The summed E-state index contributed by atoms with van der Waals surface area (Å²) in [5.74, 6) is -1.99. The SMILES string of the molecule is Nc1ccc(F)c(C(=O)NCCCc2ncc[nH]2)c1F. The van der Waals surface area contributed by atoms with E-state index in [0.717, 1.165) is 18.0 Å². The number of nitrogens with two attached hydrogens (primary N) is 1. The number of H-pyrrole nitrogens is 1. The third kappa shape index (κ3) is 3.11. The highest BCUT2D eigenvalue weighted by Gasteiger charge is 2.18. The number of benzene rings is 1. The van der Waals surface area contributed by atoms with Gasteiger partial charge in [0, 0.05) is 25.4 Å². The van der Waals surface area contributed by atoms with Crippen LogP contribution in [0.3, 0.4) is 0 Å². The topological polar surface area (TPSA) is 83.8 Å². The normalized spacial score (nSPS) is 10.5. The Hall–Kier alpha value is -2.44. The van der Waals surface area contributed by atoms with Gasteiger partial charge < -0.3 is 16.0 Å². The second kappa shape index (κ2) is 6.14. The largest absolute Gasteiger partial charge is 0.396 e. The van der Waals surface area contributed by atoms with Gasteiger partial charge in [-0.1, -0.05) is 0 Å². The Morgan fingerprint density at radius 3 is 2.90 bits per heavy atom. The Morgan fingerprint density at radius 1 is 1.40 bits per heavy atom. The summed E-state index contributed by atoms with van der Waals surface area (Å²) in [4.78, 5) is 18.7. The van der Waals surface area contributed by atoms with E-state index in [2.05, 4.69) is 15.3 Å². The van der Waals surface area contributed by atoms with E-state index < -0.39 is 23.1 Å². The first-order valence-corrected chi connectivity index (χ1v) is 6.09. The maximum atomic E-state index is 13.6. The van der Waals surface area contributed by atoms with Crippen molar-refractivity contribution in [2.75, 3.05) is 12.3 Å². The quantitative estimate of drug-likeness (QED) is 0.575. The molecule has 0 fully saturated rings. The lowest BCUT2D eigenvalue weighted by molar-refractivity contribution is 0.0945. The molecule has 2 aromatic rings. The summed E-state index contributed by atoms with van der Waals surface area (Å²) in [6, 6.07) is 2.05. The fraction of sp³-hybridized carbons (Fsp3) is 0.231. The highest BCUT2D eigenvalue weighted by molar-refractivity contribution is 5.95. The summed E-state index contributed by atoms with van der Waals surface area (Å²) in [7, 11) is 0. The number of aromatic amines is 1. The van der Waals surface area contributed by atoms with E-state index in [-0.39, 0.29) is 12.2 Å². The number of imidazole rings is 1. The number of nitrogens with zero attached hydrogens (tertiary/aromatic N) is 1. The average molecular weight is 280 g/mol. The van der Waals surface area contributed by atoms with Gasteiger partial charge in [-0.3, -0.25) is 4.79 Å². The van der Waals surface area contributed by atoms with Gasteiger partial charge in [0.25, 0.3) is 5.91 Å². The standard InChI is InChI=1S/C13H14F2N4O/c14-8-3-4-9(16)12(15)11(8)13(20)19-5-1-2-10-17-6-7-18-10/h3-4,6-7H,1-2,5,16H2,(H,17,18)(H,19,20). The van der Waals surface area contributed by atoms with Gasteiger partial charge >= 0.3 is 0 Å². The zero-order chi connectivity index (χ0) is 14.5. The van der Waals surface area contributed by atoms with Crippen LogP contribution >= 0.6 is 0 Å². The molecule has 7 heteroatoms. The van der Waals surface area contributed by atoms with Crippen molar-refractivity contribution in [2.24, 2.45) is 0 Å². The molecule has 0 atom stereocenters. The summed E-state index contributed by atoms with van der Waals surface area (Å²) >= 11 is 0. The van der Waals surface area contributed by atoms with Crippen LogP contribution < -0.4 is 11.1 Å². The van der Waals surface area contributed by atoms with Crippen LogP contribution in [-0.2, 0) is 6.42 Å². The zero-order valence-electron chi connectivity index (χ0n) is 10.6. The molecule has 0 aliphatic rings. The number of aryl methyl sites for hydroxylation is 1. The smallest absolute Gasteiger partial charge is 0.257 e. The highest BCUT2D eigenvalue weighted by atomic mass is 19.1. The number of carbonyl (C=O) groups excluding carboxylic acids is 1. The van der Waals surface area contributed by atoms with Crippen molar-refractivity contribution in [3.63, 3.8) is 0 Å². The number of hydrogen-bond donors (Lipinski definition) is 3. The maximum absolute atomic E-state index is 13.6. The number of aromatic nitrogens is 2. The van der Waals surface area contributed by atoms with Crippen LogP contribution in [0.5, 0.6) is 0 Å². The first-order valence-electron chi connectivity index (χ1n) is 6.09. The number of nitrogen functional groups attached to an aromatic ring is 1. The van der Waals surface area contributed by atoms with E-state index in [1.54, 1.807) is 12.4 Å². The van der Waals surface area contributed by atoms with Crippen molar-refractivity contribution in [3.05, 3.63) is 47.5 Å². The minimum absolute atomic E-state index is 0.257. The zero-order valence-corrected chi connectivity index (χ0v) is 10.6. The van der Waals surface area contributed by atoms with Gasteiger partial charge in [0.05, 0.1) is 5.69 Å². The monoisotopic (exact) mass is 280 g/mol. The van der Waals surface area contributed by atoms with Crippen LogP contribution in [0, 0.1) is 11.6 Å². The molecule has 0 saturated carbocycles. The van der Waals surface area contributed by atoms with Crippen molar-refractivity contribution in [3.8, 4) is 0 Å². The second-order valence-corrected chi connectivity index (χ2v) is 4.22. The van der Waals surface area contributed by atoms with E-state index in [4.69, 9.17) is 5.73 Å². The minimum Gasteiger partial charge on any atom is -0.396 e. The molecule has 20 heavy (non-hydrogen) atoms. The first kappa shape index (κ1) is 14.0. The summed E-state index contributed by atoms with van der Waals surface area (Å²) in [6.45, 7) is 0.285. The maximum Gasteiger partial charge on any atom is 0.257 e. The van der Waals surface area contributed by atoms with Crippen molar-refractivity contribution in [1.29, 1.82) is 0 Å². The molecule has 1 amide bonds. The number of amides is 1. The Morgan fingerprint density at radius 2 is 2.20 bits per heavy atom. The number of carbonyl (C=O) groups is 1. The van der Waals surface area contributed by atoms with E-state index in [1.807, 2.05) is 0 Å². The molecule has 0 spiro atoms. The molecular formula is C13H14F2N4O. The van der Waals surface area contributed by atoms with Crippen LogP contribution in [0.1, 0.15) is 22.6 Å². The van der Waals surface area contributed by atoms with Crippen LogP contribution in [0.25, 0.3) is 0 Å². The third-order valence-corrected chi connectivity index (χ3v) is 2.78. The third-order valence-electron chi connectivity index (χ3n) is 2.78. The van der Waals surface area contributed by atoms with Gasteiger partial charge in [-0.25, -0.2) is 13.8 Å². The molecule has 0 aliphatic carbocycles. The molecule has 106 valence electrons. The number of nitrogens with one attached hydrogen (secondary N) is 2. The van der Waals surface area contributed by atoms with Gasteiger partial charge in [0.15, 0.2) is 5.82 Å². The second-order valence-electron chi connectivity index (χ2n) is 4.22. The molecule has 0 radical (unpaired) electrons. The summed E-state index contributed by atoms with van der Waals surface area (Å²) in [6.07, 6.45) is 4.57. The number of rotatable bonds is 5. The molecule has 0 saturated heterocycles. The van der Waals surface area contributed by atoms with Gasteiger partial charge in [-0.2, -0.15) is 0 Å². The first-order chi connectivity index (χ1) is 9.59. The Labute approximate surface area is 114 Å². The summed E-state index contributed by atoms with van der Waals surface area (Å²) in [5.41, 5.74) is 4.40. The lowest BCUT2D eigenvalue weighted by Crippen LogP contribution is -2.27. The van der Waals surface area contributed by atoms with Gasteiger partial charge in [-0.05, 0) is 18.6 Å². The van der Waals surface area contributed by atoms with Gasteiger partial charge in [0.2, 0.25) is 0 Å². The van der Waals surface area contributed by atoms with Gasteiger partial charge in [0.1, 0.15) is 17.2 Å². The highest BCUT2D eigenvalue weighted by Crippen LogP contribution is 2.18. The van der Waals surface area contributed by atoms with Crippen LogP contribution in [0.4, 0.5) is 14.5 Å². The number of anilines is 1. The predicted molar refractivity (Wildman–Crippen MR) is 70.0 cm³/mol. The van der Waals surface area contributed by atoms with Gasteiger partial charge in [-0.15, -0.1) is 0 Å². The van der Waals surface area contributed by atoms with Crippen LogP contribution in [0.15, 0.2) is 24.5 Å². The molecule has 0 unspecified atom stereocenters. The Balaban J connectivity index is 1.90. The van der Waals surface area contributed by atoms with E-state index in [1.165, 1.54) is 0 Å². The minimum atomic E-state index is -1.03. The molecule has 1 aromatic carbocycles. The Bertz CT molecular complexity index is 599. The number of hydrogen-bond acceptors (Lipinski definition) is 3. The van der Waals surface area contributed by atoms with Crippen molar-refractivity contribution < 1.29 is 13.6 Å². The van der Waals surface area contributed by atoms with Crippen LogP contribution in [0.2, 0.25) is 0 Å². The lowest BCUT2D eigenvalue weighted by atomic mass is 10.1. The fourth-order valence-corrected chi connectivity index (χ4v) is 1.76. The summed E-state index contributed by atoms with van der Waals surface area (Å²) in [5, 5.41) is 2.45. The summed E-state index contributed by atoms with van der Waals surface area (Å²) < 4.78 is 27.0. The molecule has 5 nitrogen and oxygen atoms in total. The molecule has 2 rings (SSSR count). The van der Waals surface area contributed by atoms with Crippen molar-refractivity contribution in [1.82, 2.24) is 15.3 Å². The molecular weight excluding hydrogens is 266 g/mol. The van der Waals surface area contributed by atoms with Crippen LogP contribution in [-0.4, -0.2) is 22.4 Å². The van der Waals surface area contributed by atoms with E-state index in [9.17, 15) is 13.6 Å². The average Bonchev–Trinajstić information content (AvgIpc) is 2.93. The molecule has 4 N–H and O–H groups in total. The molecule has 1 aromatic heterocycles. The molecule has 1 heterocycles. The van der Waals surface area contributed by atoms with Crippen molar-refractivity contribution >= 4 is 11.6 Å². The van der Waals surface area contributed by atoms with E-state index >= 15 is 0 Å². The van der Waals surface area contributed by atoms with Crippen molar-refractivity contribution in [2.45, 2.75) is 12.8 Å². The molecule has 0 bridgehead atoms.